The lowest BCUT2D eigenvalue weighted by atomic mass is 10.0. The van der Waals surface area contributed by atoms with Gasteiger partial charge in [0.05, 0.1) is 10.2 Å². The lowest BCUT2D eigenvalue weighted by Crippen LogP contribution is -1.85. The van der Waals surface area contributed by atoms with E-state index >= 15 is 0 Å². The van der Waals surface area contributed by atoms with E-state index in [1.165, 1.54) is 31.6 Å². The summed E-state index contributed by atoms with van der Waals surface area (Å²) in [5.74, 6) is 0. The summed E-state index contributed by atoms with van der Waals surface area (Å²) in [4.78, 5) is 4.65. The molecule has 0 amide bonds. The fourth-order valence-electron chi connectivity index (χ4n) is 3.43. The highest BCUT2D eigenvalue weighted by molar-refractivity contribution is 7.26. The third-order valence-corrected chi connectivity index (χ3v) is 6.03. The fourth-order valence-corrected chi connectivity index (χ4v) is 4.84. The van der Waals surface area contributed by atoms with Crippen molar-refractivity contribution >= 4 is 64.8 Å². The lowest BCUT2D eigenvalue weighted by Gasteiger charge is -2.06. The monoisotopic (exact) mass is 333 g/mol. The number of aromatic nitrogens is 1. The number of hydrogen-bond donors (Lipinski definition) is 0. The minimum atomic E-state index is 0.604. The van der Waals surface area contributed by atoms with Crippen LogP contribution < -0.4 is 0 Å². The summed E-state index contributed by atoms with van der Waals surface area (Å²) in [5.41, 5.74) is 2.16. The molecule has 2 aromatic heterocycles. The fraction of sp³-hybridized carbons (Fsp3) is 0.0500. The predicted molar refractivity (Wildman–Crippen MR) is 102 cm³/mol. The van der Waals surface area contributed by atoms with E-state index in [2.05, 4.69) is 66.5 Å². The van der Waals surface area contributed by atoms with Gasteiger partial charge >= 0.3 is 0 Å². The van der Waals surface area contributed by atoms with Gasteiger partial charge in [0, 0.05) is 20.9 Å². The number of thiophene rings is 1. The average molecular weight is 334 g/mol. The van der Waals surface area contributed by atoms with Crippen LogP contribution in [0.1, 0.15) is 5.56 Å². The van der Waals surface area contributed by atoms with Crippen molar-refractivity contribution in [1.29, 1.82) is 0 Å². The Labute approximate surface area is 142 Å². The summed E-state index contributed by atoms with van der Waals surface area (Å²) >= 11 is 8.26. The van der Waals surface area contributed by atoms with Gasteiger partial charge in [0.1, 0.15) is 5.15 Å². The average Bonchev–Trinajstić information content (AvgIpc) is 2.97. The van der Waals surface area contributed by atoms with Gasteiger partial charge in [-0.3, -0.25) is 0 Å². The molecular weight excluding hydrogens is 322 g/mol. The quantitative estimate of drug-likeness (QED) is 0.287. The molecule has 0 unspecified atom stereocenters. The molecular formula is C20H12ClNS. The predicted octanol–water partition coefficient (Wildman–Crippen LogP) is 6.72. The Morgan fingerprint density at radius 3 is 2.61 bits per heavy atom. The number of halogens is 1. The van der Waals surface area contributed by atoms with E-state index in [-0.39, 0.29) is 0 Å². The van der Waals surface area contributed by atoms with E-state index in [0.717, 1.165) is 15.8 Å². The van der Waals surface area contributed by atoms with E-state index < -0.39 is 0 Å². The number of aryl methyl sites for hydroxylation is 1. The van der Waals surface area contributed by atoms with Gasteiger partial charge in [-0.15, -0.1) is 11.3 Å². The highest BCUT2D eigenvalue weighted by atomic mass is 35.5. The molecule has 5 aromatic rings. The molecule has 0 saturated heterocycles. The summed E-state index contributed by atoms with van der Waals surface area (Å²) in [6, 6.07) is 19.3. The largest absolute Gasteiger partial charge is 0.234 e. The summed E-state index contributed by atoms with van der Waals surface area (Å²) in [6.07, 6.45) is 0. The second kappa shape index (κ2) is 4.67. The second-order valence-electron chi connectivity index (χ2n) is 5.84. The van der Waals surface area contributed by atoms with Crippen molar-refractivity contribution in [1.82, 2.24) is 4.98 Å². The first-order valence-electron chi connectivity index (χ1n) is 7.53. The molecule has 0 saturated carbocycles. The number of fused-ring (bicyclic) bond motifs is 7. The molecule has 0 aliphatic rings. The first-order chi connectivity index (χ1) is 11.2. The van der Waals surface area contributed by atoms with Gasteiger partial charge in [0.15, 0.2) is 0 Å². The Hall–Kier alpha value is -2.16. The SMILES string of the molecule is Cc1cccc2c1nc(Cl)c1sc3ccc4ccccc4c3c12. The molecule has 0 aliphatic carbocycles. The van der Waals surface area contributed by atoms with Crippen LogP contribution in [0.4, 0.5) is 0 Å². The van der Waals surface area contributed by atoms with Gasteiger partial charge in [-0.2, -0.15) is 0 Å². The highest BCUT2D eigenvalue weighted by Crippen LogP contribution is 2.44. The van der Waals surface area contributed by atoms with E-state index in [4.69, 9.17) is 11.6 Å². The molecule has 0 fully saturated rings. The maximum atomic E-state index is 6.53. The molecule has 5 rings (SSSR count). The molecule has 0 bridgehead atoms. The number of rotatable bonds is 0. The highest BCUT2D eigenvalue weighted by Gasteiger charge is 2.16. The zero-order valence-electron chi connectivity index (χ0n) is 12.4. The molecule has 110 valence electrons. The minimum absolute atomic E-state index is 0.604. The van der Waals surface area contributed by atoms with Gasteiger partial charge in [-0.25, -0.2) is 4.98 Å². The summed E-state index contributed by atoms with van der Waals surface area (Å²) in [7, 11) is 0. The van der Waals surface area contributed by atoms with Crippen molar-refractivity contribution in [3.05, 3.63) is 65.3 Å². The molecule has 3 aromatic carbocycles. The van der Waals surface area contributed by atoms with Crippen molar-refractivity contribution < 1.29 is 0 Å². The summed E-state index contributed by atoms with van der Waals surface area (Å²) in [5, 5.41) is 6.86. The standard InChI is InChI=1S/C20H12ClNS/c1-11-5-4-8-14-17-16-13-7-3-2-6-12(13)9-10-15(16)23-19(17)20(21)22-18(11)14/h2-10H,1H3. The first kappa shape index (κ1) is 13.3. The summed E-state index contributed by atoms with van der Waals surface area (Å²) < 4.78 is 2.34. The zero-order valence-corrected chi connectivity index (χ0v) is 14.0. The molecule has 2 heterocycles. The smallest absolute Gasteiger partial charge is 0.147 e. The van der Waals surface area contributed by atoms with Crippen molar-refractivity contribution in [2.45, 2.75) is 6.92 Å². The summed E-state index contributed by atoms with van der Waals surface area (Å²) in [6.45, 7) is 2.09. The molecule has 0 radical (unpaired) electrons. The molecule has 0 atom stereocenters. The molecule has 0 aliphatic heterocycles. The van der Waals surface area contributed by atoms with Crippen molar-refractivity contribution in [3.8, 4) is 0 Å². The number of benzene rings is 3. The molecule has 0 N–H and O–H groups in total. The van der Waals surface area contributed by atoms with Crippen molar-refractivity contribution in [3.63, 3.8) is 0 Å². The Morgan fingerprint density at radius 1 is 0.870 bits per heavy atom. The van der Waals surface area contributed by atoms with Gasteiger partial charge in [-0.1, -0.05) is 60.1 Å². The number of nitrogens with zero attached hydrogens (tertiary/aromatic N) is 1. The van der Waals surface area contributed by atoms with E-state index in [0.29, 0.717) is 5.15 Å². The molecule has 23 heavy (non-hydrogen) atoms. The maximum absolute atomic E-state index is 6.53. The molecule has 3 heteroatoms. The van der Waals surface area contributed by atoms with E-state index in [1.807, 2.05) is 0 Å². The Bertz CT molecular complexity index is 1240. The van der Waals surface area contributed by atoms with Crippen molar-refractivity contribution in [2.75, 3.05) is 0 Å². The van der Waals surface area contributed by atoms with Crippen LogP contribution in [0.2, 0.25) is 5.15 Å². The lowest BCUT2D eigenvalue weighted by molar-refractivity contribution is 1.40. The van der Waals surface area contributed by atoms with Gasteiger partial charge < -0.3 is 0 Å². The number of pyridine rings is 1. The van der Waals surface area contributed by atoms with Crippen LogP contribution in [0.25, 0.3) is 41.8 Å². The van der Waals surface area contributed by atoms with Crippen LogP contribution >= 0.6 is 22.9 Å². The third-order valence-electron chi connectivity index (χ3n) is 4.48. The Kier molecular flexibility index (Phi) is 2.70. The first-order valence-corrected chi connectivity index (χ1v) is 8.72. The molecule has 1 nitrogen and oxygen atoms in total. The van der Waals surface area contributed by atoms with Crippen LogP contribution in [0.5, 0.6) is 0 Å². The van der Waals surface area contributed by atoms with Gasteiger partial charge in [0.2, 0.25) is 0 Å². The molecule has 0 spiro atoms. The maximum Gasteiger partial charge on any atom is 0.147 e. The zero-order chi connectivity index (χ0) is 15.6. The third kappa shape index (κ3) is 1.76. The van der Waals surface area contributed by atoms with E-state index in [9.17, 15) is 0 Å². The Morgan fingerprint density at radius 2 is 1.70 bits per heavy atom. The van der Waals surface area contributed by atoms with Crippen LogP contribution in [0.3, 0.4) is 0 Å². The van der Waals surface area contributed by atoms with Crippen LogP contribution in [-0.2, 0) is 0 Å². The van der Waals surface area contributed by atoms with Gasteiger partial charge in [0.25, 0.3) is 0 Å². The van der Waals surface area contributed by atoms with Crippen LogP contribution in [0, 0.1) is 6.92 Å². The minimum Gasteiger partial charge on any atom is -0.234 e. The van der Waals surface area contributed by atoms with Crippen LogP contribution in [-0.4, -0.2) is 4.98 Å². The van der Waals surface area contributed by atoms with Crippen LogP contribution in [0.15, 0.2) is 54.6 Å². The van der Waals surface area contributed by atoms with Crippen molar-refractivity contribution in [2.24, 2.45) is 0 Å². The topological polar surface area (TPSA) is 12.9 Å². The van der Waals surface area contributed by atoms with E-state index in [1.54, 1.807) is 11.3 Å². The number of hydrogen-bond acceptors (Lipinski definition) is 2. The second-order valence-corrected chi connectivity index (χ2v) is 7.25. The number of para-hydroxylation sites is 1. The normalized spacial score (nSPS) is 11.9. The Balaban J connectivity index is 2.19. The van der Waals surface area contributed by atoms with Gasteiger partial charge in [-0.05, 0) is 29.3 Å².